The Kier molecular flexibility index (Phi) is 7.66. The Balaban J connectivity index is 1.88. The molecule has 0 bridgehead atoms. The fourth-order valence-corrected chi connectivity index (χ4v) is 2.92. The minimum Gasteiger partial charge on any atom is -0.504 e. The van der Waals surface area contributed by atoms with Crippen LogP contribution in [0.5, 0.6) is 34.7 Å². The second kappa shape index (κ2) is 10.6. The van der Waals surface area contributed by atoms with E-state index in [0.717, 1.165) is 5.57 Å². The Morgan fingerprint density at radius 3 is 2.15 bits per heavy atom. The SMILES string of the molecule is COc1c(OCC=C(C)C)cc2oc(Oc3ccc(OCC=C(C)C)cc3)cc(=O)c2c1O. The van der Waals surface area contributed by atoms with Crippen molar-refractivity contribution in [3.8, 4) is 34.7 Å². The molecule has 1 aromatic heterocycles. The van der Waals surface area contributed by atoms with Crippen LogP contribution in [0.2, 0.25) is 0 Å². The maximum Gasteiger partial charge on any atom is 0.294 e. The summed E-state index contributed by atoms with van der Waals surface area (Å²) in [5.74, 6) is 1.10. The number of hydrogen-bond donors (Lipinski definition) is 1. The van der Waals surface area contributed by atoms with Gasteiger partial charge in [0, 0.05) is 6.07 Å². The van der Waals surface area contributed by atoms with Gasteiger partial charge in [0.2, 0.25) is 11.2 Å². The van der Waals surface area contributed by atoms with Gasteiger partial charge in [-0.2, -0.15) is 0 Å². The predicted octanol–water partition coefficient (Wildman–Crippen LogP) is 5.99. The van der Waals surface area contributed by atoms with Gasteiger partial charge in [-0.05, 0) is 64.1 Å². The van der Waals surface area contributed by atoms with Gasteiger partial charge in [-0.1, -0.05) is 11.1 Å². The smallest absolute Gasteiger partial charge is 0.294 e. The fraction of sp³-hybridized carbons (Fsp3) is 0.269. The molecule has 0 spiro atoms. The van der Waals surface area contributed by atoms with Crippen molar-refractivity contribution in [2.24, 2.45) is 0 Å². The van der Waals surface area contributed by atoms with Crippen LogP contribution in [-0.2, 0) is 0 Å². The van der Waals surface area contributed by atoms with Crippen LogP contribution in [0, 0.1) is 0 Å². The van der Waals surface area contributed by atoms with E-state index in [1.54, 1.807) is 24.3 Å². The number of rotatable bonds is 9. The summed E-state index contributed by atoms with van der Waals surface area (Å²) in [6.45, 7) is 8.66. The van der Waals surface area contributed by atoms with Crippen molar-refractivity contribution in [2.75, 3.05) is 20.3 Å². The molecule has 0 aliphatic heterocycles. The lowest BCUT2D eigenvalue weighted by Gasteiger charge is -2.13. The number of ether oxygens (including phenoxy) is 4. The van der Waals surface area contributed by atoms with Crippen molar-refractivity contribution in [1.82, 2.24) is 0 Å². The minimum atomic E-state index is -0.473. The molecule has 0 radical (unpaired) electrons. The van der Waals surface area contributed by atoms with Gasteiger partial charge in [-0.3, -0.25) is 4.79 Å². The Morgan fingerprint density at radius 1 is 0.939 bits per heavy atom. The molecule has 7 nitrogen and oxygen atoms in total. The van der Waals surface area contributed by atoms with Crippen LogP contribution in [0.3, 0.4) is 0 Å². The molecule has 1 heterocycles. The average molecular weight is 453 g/mol. The minimum absolute atomic E-state index is 0.0169. The maximum atomic E-state index is 12.7. The molecular weight excluding hydrogens is 424 g/mol. The highest BCUT2D eigenvalue weighted by atomic mass is 16.6. The van der Waals surface area contributed by atoms with E-state index in [9.17, 15) is 9.90 Å². The molecule has 3 aromatic rings. The van der Waals surface area contributed by atoms with E-state index >= 15 is 0 Å². The Hall–Kier alpha value is -3.87. The molecule has 0 saturated heterocycles. The lowest BCUT2D eigenvalue weighted by atomic mass is 10.2. The number of fused-ring (bicyclic) bond motifs is 1. The highest BCUT2D eigenvalue weighted by molar-refractivity contribution is 5.88. The molecule has 0 aliphatic carbocycles. The summed E-state index contributed by atoms with van der Waals surface area (Å²) in [4.78, 5) is 12.7. The predicted molar refractivity (Wildman–Crippen MR) is 127 cm³/mol. The Bertz CT molecular complexity index is 1230. The summed E-state index contributed by atoms with van der Waals surface area (Å²) < 4.78 is 28.0. The standard InChI is InChI=1S/C26H28O7/c1-16(2)10-12-30-18-6-8-19(9-7-18)32-23-14-20(27)24-21(33-23)15-22(26(29-5)25(24)28)31-13-11-17(3)4/h6-11,14-15,28H,12-13H2,1-5H3. The van der Waals surface area contributed by atoms with Gasteiger partial charge < -0.3 is 28.5 Å². The van der Waals surface area contributed by atoms with E-state index in [2.05, 4.69) is 0 Å². The van der Waals surface area contributed by atoms with Crippen molar-refractivity contribution in [2.45, 2.75) is 27.7 Å². The van der Waals surface area contributed by atoms with Crippen LogP contribution in [0.15, 0.2) is 68.9 Å². The fourth-order valence-electron chi connectivity index (χ4n) is 2.92. The van der Waals surface area contributed by atoms with E-state index < -0.39 is 5.43 Å². The number of aromatic hydroxyl groups is 1. The van der Waals surface area contributed by atoms with Crippen LogP contribution >= 0.6 is 0 Å². The zero-order valence-corrected chi connectivity index (χ0v) is 19.4. The third kappa shape index (κ3) is 6.10. The summed E-state index contributed by atoms with van der Waals surface area (Å²) in [6, 6.07) is 9.62. The van der Waals surface area contributed by atoms with Crippen molar-refractivity contribution in [3.63, 3.8) is 0 Å². The molecule has 2 aromatic carbocycles. The molecule has 33 heavy (non-hydrogen) atoms. The van der Waals surface area contributed by atoms with Gasteiger partial charge in [0.15, 0.2) is 11.5 Å². The largest absolute Gasteiger partial charge is 0.504 e. The van der Waals surface area contributed by atoms with Crippen LogP contribution < -0.4 is 24.4 Å². The monoisotopic (exact) mass is 452 g/mol. The lowest BCUT2D eigenvalue weighted by molar-refractivity contribution is 0.311. The van der Waals surface area contributed by atoms with Gasteiger partial charge in [0.05, 0.1) is 13.2 Å². The van der Waals surface area contributed by atoms with E-state index in [4.69, 9.17) is 23.4 Å². The van der Waals surface area contributed by atoms with E-state index in [0.29, 0.717) is 18.1 Å². The third-order valence-corrected chi connectivity index (χ3v) is 4.61. The molecule has 0 unspecified atom stereocenters. The first kappa shape index (κ1) is 23.8. The molecule has 3 rings (SSSR count). The van der Waals surface area contributed by atoms with Gasteiger partial charge in [0.25, 0.3) is 5.95 Å². The first-order valence-electron chi connectivity index (χ1n) is 10.5. The number of allylic oxidation sites excluding steroid dienone is 2. The molecule has 1 N–H and O–H groups in total. The Morgan fingerprint density at radius 2 is 1.55 bits per heavy atom. The number of hydrogen-bond acceptors (Lipinski definition) is 7. The normalized spacial score (nSPS) is 10.5. The molecule has 0 atom stereocenters. The van der Waals surface area contributed by atoms with Gasteiger partial charge in [0.1, 0.15) is 35.7 Å². The molecule has 174 valence electrons. The van der Waals surface area contributed by atoms with E-state index in [1.165, 1.54) is 24.8 Å². The van der Waals surface area contributed by atoms with Crippen molar-refractivity contribution in [3.05, 3.63) is 69.9 Å². The van der Waals surface area contributed by atoms with Crippen molar-refractivity contribution >= 4 is 11.0 Å². The topological polar surface area (TPSA) is 87.4 Å². The molecule has 0 amide bonds. The average Bonchev–Trinajstić information content (AvgIpc) is 2.74. The summed E-state index contributed by atoms with van der Waals surface area (Å²) in [7, 11) is 1.39. The van der Waals surface area contributed by atoms with Crippen LogP contribution in [0.1, 0.15) is 27.7 Å². The van der Waals surface area contributed by atoms with Gasteiger partial charge in [-0.25, -0.2) is 0 Å². The second-order valence-electron chi connectivity index (χ2n) is 7.82. The third-order valence-electron chi connectivity index (χ3n) is 4.61. The number of methoxy groups -OCH3 is 1. The highest BCUT2D eigenvalue weighted by Crippen LogP contribution is 2.42. The molecule has 7 heteroatoms. The maximum absolute atomic E-state index is 12.7. The summed E-state index contributed by atoms with van der Waals surface area (Å²) in [6.07, 6.45) is 3.86. The first-order valence-corrected chi connectivity index (χ1v) is 10.5. The molecule has 0 saturated carbocycles. The molecule has 0 aliphatic rings. The first-order chi connectivity index (χ1) is 15.8. The second-order valence-corrected chi connectivity index (χ2v) is 7.82. The number of phenolic OH excluding ortho intramolecular Hbond substituents is 1. The van der Waals surface area contributed by atoms with Gasteiger partial charge in [-0.15, -0.1) is 0 Å². The zero-order chi connectivity index (χ0) is 24.0. The highest BCUT2D eigenvalue weighted by Gasteiger charge is 2.20. The quantitative estimate of drug-likeness (QED) is 0.399. The van der Waals surface area contributed by atoms with Crippen LogP contribution in [-0.4, -0.2) is 25.4 Å². The van der Waals surface area contributed by atoms with E-state index in [1.807, 2.05) is 39.8 Å². The number of phenols is 1. The van der Waals surface area contributed by atoms with Crippen LogP contribution in [0.25, 0.3) is 11.0 Å². The molecular formula is C26H28O7. The van der Waals surface area contributed by atoms with Crippen molar-refractivity contribution < 1.29 is 28.5 Å². The summed E-state index contributed by atoms with van der Waals surface area (Å²) >= 11 is 0. The van der Waals surface area contributed by atoms with E-state index in [-0.39, 0.29) is 40.8 Å². The number of benzene rings is 2. The van der Waals surface area contributed by atoms with Gasteiger partial charge >= 0.3 is 0 Å². The van der Waals surface area contributed by atoms with Crippen molar-refractivity contribution in [1.29, 1.82) is 0 Å². The summed E-state index contributed by atoms with van der Waals surface area (Å²) in [5.41, 5.74) is 1.90. The summed E-state index contributed by atoms with van der Waals surface area (Å²) in [5, 5.41) is 10.6. The molecule has 0 fully saturated rings. The van der Waals surface area contributed by atoms with Crippen LogP contribution in [0.4, 0.5) is 0 Å². The Labute approximate surface area is 192 Å². The lowest BCUT2D eigenvalue weighted by Crippen LogP contribution is -2.04. The zero-order valence-electron chi connectivity index (χ0n) is 19.4.